The van der Waals surface area contributed by atoms with Crippen molar-refractivity contribution in [2.24, 2.45) is 0 Å². The van der Waals surface area contributed by atoms with E-state index in [2.05, 4.69) is 206 Å². The van der Waals surface area contributed by atoms with Gasteiger partial charge in [0.15, 0.2) is 5.82 Å². The van der Waals surface area contributed by atoms with E-state index < -0.39 is 10.8 Å². The number of aromatic nitrogens is 2. The van der Waals surface area contributed by atoms with Crippen LogP contribution >= 0.6 is 0 Å². The first-order valence-electron chi connectivity index (χ1n) is 21.5. The summed E-state index contributed by atoms with van der Waals surface area (Å²) in [6, 6.07) is 84.8. The fourth-order valence-electron chi connectivity index (χ4n) is 11.4. The zero-order valence-electron chi connectivity index (χ0n) is 33.8. The molecule has 288 valence electrons. The molecule has 1 aromatic heterocycles. The third kappa shape index (κ3) is 4.64. The zero-order valence-corrected chi connectivity index (χ0v) is 33.8. The highest BCUT2D eigenvalue weighted by molar-refractivity contribution is 5.96. The lowest BCUT2D eigenvalue weighted by atomic mass is 9.51. The Bertz CT molecular complexity index is 3250. The number of rotatable bonds is 4. The molecule has 2 nitrogen and oxygen atoms in total. The SMILES string of the molecule is c1ccc(-c2cc(-c3ccc(-c4cccc5c4C4(c6ccccc6-c6ccccc64)c4ccccc4C54c5ccccc5-c5ccccc54)cc3)nc(-c3ccccc3)n2)cc1. The van der Waals surface area contributed by atoms with Crippen molar-refractivity contribution in [1.82, 2.24) is 9.97 Å². The smallest absolute Gasteiger partial charge is 0.160 e. The zero-order chi connectivity index (χ0) is 40.8. The molecule has 13 rings (SSSR count). The average molecular weight is 787 g/mol. The van der Waals surface area contributed by atoms with Crippen LogP contribution in [0.25, 0.3) is 67.3 Å². The third-order valence-corrected chi connectivity index (χ3v) is 13.8. The maximum absolute atomic E-state index is 5.18. The van der Waals surface area contributed by atoms with Crippen molar-refractivity contribution in [1.29, 1.82) is 0 Å². The van der Waals surface area contributed by atoms with Crippen LogP contribution in [0.4, 0.5) is 0 Å². The molecule has 1 heterocycles. The molecule has 2 heteroatoms. The molecule has 2 spiro atoms. The van der Waals surface area contributed by atoms with Gasteiger partial charge in [-0.3, -0.25) is 0 Å². The molecule has 0 amide bonds. The summed E-state index contributed by atoms with van der Waals surface area (Å²) in [5, 5.41) is 0. The van der Waals surface area contributed by atoms with Crippen molar-refractivity contribution in [2.45, 2.75) is 10.8 Å². The lowest BCUT2D eigenvalue weighted by Crippen LogP contribution is -2.44. The lowest BCUT2D eigenvalue weighted by Gasteiger charge is -2.49. The Morgan fingerprint density at radius 3 is 1.11 bits per heavy atom. The first kappa shape index (κ1) is 34.9. The molecule has 3 aliphatic rings. The van der Waals surface area contributed by atoms with Gasteiger partial charge in [0.2, 0.25) is 0 Å². The molecule has 9 aromatic carbocycles. The summed E-state index contributed by atoms with van der Waals surface area (Å²) in [5.74, 6) is 0.713. The van der Waals surface area contributed by atoms with E-state index in [1.807, 2.05) is 24.3 Å². The van der Waals surface area contributed by atoms with Crippen molar-refractivity contribution in [2.75, 3.05) is 0 Å². The highest BCUT2D eigenvalue weighted by atomic mass is 14.9. The summed E-state index contributed by atoms with van der Waals surface area (Å²) in [5.41, 5.74) is 22.1. The monoisotopic (exact) mass is 786 g/mol. The molecule has 0 N–H and O–H groups in total. The van der Waals surface area contributed by atoms with E-state index in [0.29, 0.717) is 5.82 Å². The Morgan fingerprint density at radius 2 is 0.597 bits per heavy atom. The summed E-state index contributed by atoms with van der Waals surface area (Å²) in [6.07, 6.45) is 0. The number of hydrogen-bond acceptors (Lipinski definition) is 2. The van der Waals surface area contributed by atoms with Crippen molar-refractivity contribution in [3.8, 4) is 67.3 Å². The predicted octanol–water partition coefficient (Wildman–Crippen LogP) is 14.2. The summed E-state index contributed by atoms with van der Waals surface area (Å²) in [6.45, 7) is 0. The molecule has 0 radical (unpaired) electrons. The predicted molar refractivity (Wildman–Crippen MR) is 252 cm³/mol. The molecule has 0 atom stereocenters. The Morgan fingerprint density at radius 1 is 0.242 bits per heavy atom. The van der Waals surface area contributed by atoms with Gasteiger partial charge in [-0.1, -0.05) is 224 Å². The molecule has 0 fully saturated rings. The van der Waals surface area contributed by atoms with Crippen LogP contribution in [0.2, 0.25) is 0 Å². The minimum absolute atomic E-state index is 0.532. The third-order valence-electron chi connectivity index (χ3n) is 13.8. The van der Waals surface area contributed by atoms with E-state index in [0.717, 1.165) is 28.1 Å². The van der Waals surface area contributed by atoms with E-state index in [1.165, 1.54) is 77.9 Å². The van der Waals surface area contributed by atoms with Gasteiger partial charge in [0.25, 0.3) is 0 Å². The first-order valence-corrected chi connectivity index (χ1v) is 21.5. The van der Waals surface area contributed by atoms with Crippen LogP contribution < -0.4 is 0 Å². The van der Waals surface area contributed by atoms with E-state index in [4.69, 9.17) is 9.97 Å². The Balaban J connectivity index is 1.09. The van der Waals surface area contributed by atoms with E-state index >= 15 is 0 Å². The van der Waals surface area contributed by atoms with E-state index in [9.17, 15) is 0 Å². The van der Waals surface area contributed by atoms with Gasteiger partial charge in [0.05, 0.1) is 22.2 Å². The van der Waals surface area contributed by atoms with Gasteiger partial charge in [-0.05, 0) is 84.0 Å². The number of nitrogens with zero attached hydrogens (tertiary/aromatic N) is 2. The minimum atomic E-state index is -0.575. The first-order chi connectivity index (χ1) is 30.8. The van der Waals surface area contributed by atoms with Crippen LogP contribution in [0.3, 0.4) is 0 Å². The van der Waals surface area contributed by atoms with Crippen LogP contribution in [0.1, 0.15) is 44.5 Å². The second kappa shape index (κ2) is 13.3. The molecule has 0 saturated carbocycles. The van der Waals surface area contributed by atoms with E-state index in [1.54, 1.807) is 0 Å². The summed E-state index contributed by atoms with van der Waals surface area (Å²) in [4.78, 5) is 10.2. The quantitative estimate of drug-likeness (QED) is 0.178. The van der Waals surface area contributed by atoms with Crippen molar-refractivity contribution in [3.05, 3.63) is 275 Å². The van der Waals surface area contributed by atoms with Crippen LogP contribution in [0, 0.1) is 0 Å². The maximum atomic E-state index is 5.18. The van der Waals surface area contributed by atoms with Crippen LogP contribution in [-0.4, -0.2) is 9.97 Å². The van der Waals surface area contributed by atoms with Gasteiger partial charge in [0, 0.05) is 16.7 Å². The standard InChI is InChI=1S/C60H38N2/c1-3-18-40(19-4-1)55-38-56(62-58(61-55)42-20-5-2-6-21-42)41-36-34-39(35-37-41)43-26-17-33-54-57(43)60(50-29-13-9-24-46(50)47-25-10-14-30-51(47)60)53-32-16-15-31-52(53)59(54)48-27-11-7-22-44(48)45-23-8-12-28-49(45)59/h1-38H. The molecule has 0 unspecified atom stereocenters. The summed E-state index contributed by atoms with van der Waals surface area (Å²) < 4.78 is 0. The van der Waals surface area contributed by atoms with Gasteiger partial charge in [-0.25, -0.2) is 9.97 Å². The molecule has 0 bridgehead atoms. The Hall–Kier alpha value is -7.94. The number of fused-ring (bicyclic) bond motifs is 16. The van der Waals surface area contributed by atoms with Crippen molar-refractivity contribution >= 4 is 0 Å². The van der Waals surface area contributed by atoms with Gasteiger partial charge in [-0.15, -0.1) is 0 Å². The highest BCUT2D eigenvalue weighted by Gasteiger charge is 2.59. The van der Waals surface area contributed by atoms with Gasteiger partial charge in [0.1, 0.15) is 0 Å². The van der Waals surface area contributed by atoms with Gasteiger partial charge in [-0.2, -0.15) is 0 Å². The van der Waals surface area contributed by atoms with Crippen LogP contribution in [-0.2, 0) is 10.8 Å². The van der Waals surface area contributed by atoms with E-state index in [-0.39, 0.29) is 0 Å². The second-order valence-corrected chi connectivity index (χ2v) is 16.7. The van der Waals surface area contributed by atoms with Crippen molar-refractivity contribution < 1.29 is 0 Å². The Kier molecular flexibility index (Phi) is 7.47. The molecule has 0 saturated heterocycles. The molecule has 3 aliphatic carbocycles. The molecular formula is C60H38N2. The Labute approximate surface area is 361 Å². The lowest BCUT2D eigenvalue weighted by molar-refractivity contribution is 0.634. The maximum Gasteiger partial charge on any atom is 0.160 e. The fraction of sp³-hybridized carbons (Fsp3) is 0.0333. The van der Waals surface area contributed by atoms with Crippen LogP contribution in [0.15, 0.2) is 231 Å². The normalized spacial score (nSPS) is 14.1. The second-order valence-electron chi connectivity index (χ2n) is 16.7. The number of benzene rings is 9. The average Bonchev–Trinajstić information content (AvgIpc) is 3.82. The van der Waals surface area contributed by atoms with Crippen LogP contribution in [0.5, 0.6) is 0 Å². The van der Waals surface area contributed by atoms with Gasteiger partial charge < -0.3 is 0 Å². The topological polar surface area (TPSA) is 25.8 Å². The highest BCUT2D eigenvalue weighted by Crippen LogP contribution is 2.68. The van der Waals surface area contributed by atoms with Gasteiger partial charge >= 0.3 is 0 Å². The molecule has 0 aliphatic heterocycles. The fourth-order valence-corrected chi connectivity index (χ4v) is 11.4. The molecule has 62 heavy (non-hydrogen) atoms. The largest absolute Gasteiger partial charge is 0.228 e. The minimum Gasteiger partial charge on any atom is -0.228 e. The summed E-state index contributed by atoms with van der Waals surface area (Å²) >= 11 is 0. The van der Waals surface area contributed by atoms with Crippen molar-refractivity contribution in [3.63, 3.8) is 0 Å². The molecule has 10 aromatic rings. The number of hydrogen-bond donors (Lipinski definition) is 0. The summed E-state index contributed by atoms with van der Waals surface area (Å²) in [7, 11) is 0. The molecular weight excluding hydrogens is 749 g/mol.